The number of likely N-dealkylation sites (N-methyl/N-ethyl adjacent to an activating group) is 1. The van der Waals surface area contributed by atoms with E-state index >= 15 is 0 Å². The molecular weight excluding hydrogens is 500 g/mol. The molecule has 41 heavy (non-hydrogen) atoms. The van der Waals surface area contributed by atoms with Crippen LogP contribution in [0.4, 0.5) is 11.4 Å². The highest BCUT2D eigenvalue weighted by Gasteiger charge is 2.38. The Morgan fingerprint density at radius 2 is 1.56 bits per heavy atom. The first-order valence-electron chi connectivity index (χ1n) is 14.8. The van der Waals surface area contributed by atoms with Crippen LogP contribution in [0.15, 0.2) is 125 Å². The standard InChI is InChI=1S/C38H40N2O/c1-26-19-22-33-31(25-26)38(4,5)35(40(33)6)24-21-28-14-12-13-27(36(28)41-29-15-8-7-9-16-29)20-23-34-37(2,3)30-17-10-11-18-32(30)39-34/h7-11,15-25H,12-14H2,1-6H3/b23-20+,28-21+,35-24+. The molecule has 3 aliphatic rings. The lowest BCUT2D eigenvalue weighted by Gasteiger charge is -2.25. The van der Waals surface area contributed by atoms with Gasteiger partial charge in [0.15, 0.2) is 0 Å². The monoisotopic (exact) mass is 540 g/mol. The molecule has 3 nitrogen and oxygen atoms in total. The van der Waals surface area contributed by atoms with Crippen molar-refractivity contribution in [2.45, 2.75) is 64.7 Å². The van der Waals surface area contributed by atoms with E-state index in [0.29, 0.717) is 0 Å². The van der Waals surface area contributed by atoms with Crippen LogP contribution in [0.2, 0.25) is 0 Å². The number of anilines is 1. The van der Waals surface area contributed by atoms with Gasteiger partial charge >= 0.3 is 0 Å². The molecule has 0 N–H and O–H groups in total. The van der Waals surface area contributed by atoms with Gasteiger partial charge < -0.3 is 9.64 Å². The van der Waals surface area contributed by atoms with Gasteiger partial charge in [-0.05, 0) is 84.9 Å². The minimum absolute atomic E-state index is 0.0735. The normalized spacial score (nSPS) is 21.0. The molecule has 0 spiro atoms. The highest BCUT2D eigenvalue weighted by Crippen LogP contribution is 2.47. The Balaban J connectivity index is 1.39. The van der Waals surface area contributed by atoms with Crippen molar-refractivity contribution >= 4 is 17.1 Å². The highest BCUT2D eigenvalue weighted by atomic mass is 16.5. The predicted molar refractivity (Wildman–Crippen MR) is 172 cm³/mol. The summed E-state index contributed by atoms with van der Waals surface area (Å²) < 4.78 is 6.66. The lowest BCUT2D eigenvalue weighted by atomic mass is 9.81. The summed E-state index contributed by atoms with van der Waals surface area (Å²) in [4.78, 5) is 7.33. The molecule has 0 aromatic heterocycles. The second-order valence-corrected chi connectivity index (χ2v) is 12.5. The molecule has 3 aromatic rings. The summed E-state index contributed by atoms with van der Waals surface area (Å²) in [5, 5.41) is 0. The fourth-order valence-corrected chi connectivity index (χ4v) is 6.52. The molecule has 0 bridgehead atoms. The number of hydrogen-bond donors (Lipinski definition) is 0. The van der Waals surface area contributed by atoms with Crippen molar-refractivity contribution in [1.29, 1.82) is 0 Å². The number of aliphatic imine (C=N–C) groups is 1. The summed E-state index contributed by atoms with van der Waals surface area (Å²) in [6.07, 6.45) is 12.1. The summed E-state index contributed by atoms with van der Waals surface area (Å²) in [5.74, 6) is 1.83. The Bertz CT molecular complexity index is 1650. The van der Waals surface area contributed by atoms with Gasteiger partial charge in [-0.2, -0.15) is 0 Å². The molecule has 0 saturated heterocycles. The summed E-state index contributed by atoms with van der Waals surface area (Å²) in [7, 11) is 2.18. The van der Waals surface area contributed by atoms with E-state index in [4.69, 9.17) is 9.73 Å². The summed E-state index contributed by atoms with van der Waals surface area (Å²) in [6.45, 7) is 11.3. The van der Waals surface area contributed by atoms with Crippen LogP contribution in [0.1, 0.15) is 63.6 Å². The Kier molecular flexibility index (Phi) is 6.85. The number of nitrogens with zero attached hydrogens (tertiary/aromatic N) is 2. The molecule has 0 radical (unpaired) electrons. The van der Waals surface area contributed by atoms with Crippen molar-refractivity contribution in [2.24, 2.45) is 4.99 Å². The van der Waals surface area contributed by atoms with Gasteiger partial charge in [-0.25, -0.2) is 0 Å². The van der Waals surface area contributed by atoms with Gasteiger partial charge in [0.1, 0.15) is 11.5 Å². The second kappa shape index (κ2) is 10.4. The first kappa shape index (κ1) is 27.1. The first-order chi connectivity index (χ1) is 19.7. The lowest BCUT2D eigenvalue weighted by Crippen LogP contribution is -2.23. The lowest BCUT2D eigenvalue weighted by molar-refractivity contribution is 0.415. The zero-order valence-electron chi connectivity index (χ0n) is 25.2. The fraction of sp³-hybridized carbons (Fsp3) is 0.289. The van der Waals surface area contributed by atoms with Crippen LogP contribution in [0, 0.1) is 6.92 Å². The molecule has 3 aromatic carbocycles. The smallest absolute Gasteiger partial charge is 0.133 e. The second-order valence-electron chi connectivity index (χ2n) is 12.5. The maximum Gasteiger partial charge on any atom is 0.133 e. The van der Waals surface area contributed by atoms with Crippen molar-refractivity contribution in [3.05, 3.63) is 136 Å². The maximum absolute atomic E-state index is 6.66. The minimum Gasteiger partial charge on any atom is -0.457 e. The van der Waals surface area contributed by atoms with Crippen molar-refractivity contribution in [3.63, 3.8) is 0 Å². The molecular formula is C38H40N2O. The van der Waals surface area contributed by atoms with E-state index < -0.39 is 0 Å². The average Bonchev–Trinajstić information content (AvgIpc) is 3.32. The van der Waals surface area contributed by atoms with E-state index in [9.17, 15) is 0 Å². The van der Waals surface area contributed by atoms with Crippen LogP contribution >= 0.6 is 0 Å². The van der Waals surface area contributed by atoms with E-state index in [1.54, 1.807) is 0 Å². The number of benzene rings is 3. The van der Waals surface area contributed by atoms with Gasteiger partial charge in [0.25, 0.3) is 0 Å². The molecule has 2 heterocycles. The van der Waals surface area contributed by atoms with Gasteiger partial charge in [-0.15, -0.1) is 0 Å². The number of rotatable bonds is 5. The van der Waals surface area contributed by atoms with Crippen LogP contribution in [0.3, 0.4) is 0 Å². The molecule has 0 atom stereocenters. The predicted octanol–water partition coefficient (Wildman–Crippen LogP) is 9.67. The molecule has 0 fully saturated rings. The van der Waals surface area contributed by atoms with E-state index in [2.05, 4.69) is 113 Å². The Hall–Kier alpha value is -4.11. The Morgan fingerprint density at radius 1 is 0.805 bits per heavy atom. The molecule has 2 aliphatic heterocycles. The number of allylic oxidation sites excluding steroid dienone is 7. The van der Waals surface area contributed by atoms with Gasteiger partial charge in [-0.1, -0.05) is 93.9 Å². The Labute approximate surface area is 245 Å². The molecule has 3 heteroatoms. The molecule has 208 valence electrons. The van der Waals surface area contributed by atoms with Gasteiger partial charge in [0.2, 0.25) is 0 Å². The third kappa shape index (κ3) is 4.88. The molecule has 6 rings (SSSR count). The van der Waals surface area contributed by atoms with E-state index in [1.165, 1.54) is 39.2 Å². The van der Waals surface area contributed by atoms with Gasteiger partial charge in [-0.3, -0.25) is 4.99 Å². The van der Waals surface area contributed by atoms with Crippen molar-refractivity contribution in [1.82, 2.24) is 0 Å². The summed E-state index contributed by atoms with van der Waals surface area (Å²) in [5.41, 5.74) is 11.0. The third-order valence-corrected chi connectivity index (χ3v) is 8.97. The van der Waals surface area contributed by atoms with Crippen LogP contribution in [0.25, 0.3) is 0 Å². The number of fused-ring (bicyclic) bond motifs is 2. The van der Waals surface area contributed by atoms with Crippen molar-refractivity contribution in [3.8, 4) is 5.75 Å². The zero-order valence-corrected chi connectivity index (χ0v) is 25.2. The quantitative estimate of drug-likeness (QED) is 0.322. The molecule has 0 amide bonds. The SMILES string of the molecule is Cc1ccc2c(c1)C(C)(C)/C(=C\C=C1/CCCC(/C=C/C3=Nc4ccccc4C3(C)C)=C1Oc1ccccc1)N2C. The summed E-state index contributed by atoms with van der Waals surface area (Å²) in [6, 6.07) is 25.4. The van der Waals surface area contributed by atoms with Crippen LogP contribution in [-0.2, 0) is 10.8 Å². The topological polar surface area (TPSA) is 24.8 Å². The number of aryl methyl sites for hydroxylation is 1. The van der Waals surface area contributed by atoms with Crippen LogP contribution in [-0.4, -0.2) is 12.8 Å². The molecule has 0 unspecified atom stereocenters. The van der Waals surface area contributed by atoms with E-state index in [0.717, 1.165) is 42.2 Å². The van der Waals surface area contributed by atoms with Crippen molar-refractivity contribution < 1.29 is 4.74 Å². The first-order valence-corrected chi connectivity index (χ1v) is 14.8. The number of hydrogen-bond acceptors (Lipinski definition) is 3. The number of para-hydroxylation sites is 2. The average molecular weight is 541 g/mol. The Morgan fingerprint density at radius 3 is 2.34 bits per heavy atom. The highest BCUT2D eigenvalue weighted by molar-refractivity contribution is 6.08. The molecule has 1 aliphatic carbocycles. The van der Waals surface area contributed by atoms with Gasteiger partial charge in [0, 0.05) is 29.3 Å². The van der Waals surface area contributed by atoms with E-state index in [-0.39, 0.29) is 10.8 Å². The zero-order chi connectivity index (χ0) is 28.8. The van der Waals surface area contributed by atoms with Crippen LogP contribution in [0.5, 0.6) is 5.75 Å². The largest absolute Gasteiger partial charge is 0.457 e. The minimum atomic E-state index is -0.127. The molecule has 0 saturated carbocycles. The van der Waals surface area contributed by atoms with Gasteiger partial charge in [0.05, 0.1) is 11.4 Å². The van der Waals surface area contributed by atoms with Crippen molar-refractivity contribution in [2.75, 3.05) is 11.9 Å². The third-order valence-electron chi connectivity index (χ3n) is 8.97. The van der Waals surface area contributed by atoms with Crippen LogP contribution < -0.4 is 9.64 Å². The summed E-state index contributed by atoms with van der Waals surface area (Å²) >= 11 is 0. The van der Waals surface area contributed by atoms with E-state index in [1.807, 2.05) is 30.3 Å². The maximum atomic E-state index is 6.66. The number of ether oxygens (including phenoxy) is 1. The fourth-order valence-electron chi connectivity index (χ4n) is 6.52.